The van der Waals surface area contributed by atoms with Crippen LogP contribution in [0.4, 0.5) is 0 Å². The Hall–Kier alpha value is -1.81. The van der Waals surface area contributed by atoms with E-state index in [1.54, 1.807) is 11.8 Å². The first kappa shape index (κ1) is 15.1. The van der Waals surface area contributed by atoms with Crippen molar-refractivity contribution in [3.8, 4) is 0 Å². The Balaban J connectivity index is 1.85. The molecule has 0 saturated carbocycles. The predicted molar refractivity (Wildman–Crippen MR) is 93.0 cm³/mol. The SMILES string of the molecule is CC(C)CCn1c(SCc2ccccn2)nc2ccccc21. The van der Waals surface area contributed by atoms with Gasteiger partial charge in [-0.1, -0.05) is 43.8 Å². The summed E-state index contributed by atoms with van der Waals surface area (Å²) in [6, 6.07) is 14.4. The predicted octanol–water partition coefficient (Wildman–Crippen LogP) is 4.77. The molecule has 3 nitrogen and oxygen atoms in total. The van der Waals surface area contributed by atoms with Crippen LogP contribution in [-0.2, 0) is 12.3 Å². The normalized spacial score (nSPS) is 11.4. The van der Waals surface area contributed by atoms with Crippen molar-refractivity contribution >= 4 is 22.8 Å². The van der Waals surface area contributed by atoms with Gasteiger partial charge in [0.05, 0.1) is 16.7 Å². The minimum absolute atomic E-state index is 0.690. The summed E-state index contributed by atoms with van der Waals surface area (Å²) in [5, 5.41) is 1.09. The van der Waals surface area contributed by atoms with Gasteiger partial charge in [-0.05, 0) is 36.6 Å². The summed E-state index contributed by atoms with van der Waals surface area (Å²) in [7, 11) is 0. The van der Waals surface area contributed by atoms with Crippen molar-refractivity contribution in [2.45, 2.75) is 37.7 Å². The summed E-state index contributed by atoms with van der Waals surface area (Å²) < 4.78 is 2.35. The van der Waals surface area contributed by atoms with Crippen molar-refractivity contribution in [2.24, 2.45) is 5.92 Å². The molecule has 114 valence electrons. The maximum Gasteiger partial charge on any atom is 0.169 e. The minimum atomic E-state index is 0.690. The number of fused-ring (bicyclic) bond motifs is 1. The molecular formula is C18H21N3S. The Morgan fingerprint density at radius 3 is 2.68 bits per heavy atom. The molecule has 0 atom stereocenters. The van der Waals surface area contributed by atoms with Crippen molar-refractivity contribution in [1.82, 2.24) is 14.5 Å². The average molecular weight is 311 g/mol. The number of thioether (sulfide) groups is 1. The number of benzene rings is 1. The van der Waals surface area contributed by atoms with Gasteiger partial charge >= 0.3 is 0 Å². The highest BCUT2D eigenvalue weighted by Crippen LogP contribution is 2.27. The zero-order chi connectivity index (χ0) is 15.4. The fourth-order valence-corrected chi connectivity index (χ4v) is 3.35. The fraction of sp³-hybridized carbons (Fsp3) is 0.333. The molecule has 0 aliphatic carbocycles. The largest absolute Gasteiger partial charge is 0.319 e. The van der Waals surface area contributed by atoms with Gasteiger partial charge in [-0.2, -0.15) is 0 Å². The number of aromatic nitrogens is 3. The molecule has 0 spiro atoms. The number of hydrogen-bond donors (Lipinski definition) is 0. The monoisotopic (exact) mass is 311 g/mol. The Morgan fingerprint density at radius 2 is 1.91 bits per heavy atom. The van der Waals surface area contributed by atoms with Crippen molar-refractivity contribution < 1.29 is 0 Å². The van der Waals surface area contributed by atoms with E-state index >= 15 is 0 Å². The van der Waals surface area contributed by atoms with Crippen molar-refractivity contribution in [2.75, 3.05) is 0 Å². The quantitative estimate of drug-likeness (QED) is 0.614. The summed E-state index contributed by atoms with van der Waals surface area (Å²) in [6.45, 7) is 5.54. The third-order valence-corrected chi connectivity index (χ3v) is 4.63. The molecule has 0 aliphatic rings. The zero-order valence-electron chi connectivity index (χ0n) is 13.1. The van der Waals surface area contributed by atoms with Gasteiger partial charge < -0.3 is 4.57 Å². The van der Waals surface area contributed by atoms with Crippen LogP contribution in [0.5, 0.6) is 0 Å². The number of aryl methyl sites for hydroxylation is 1. The fourth-order valence-electron chi connectivity index (χ4n) is 2.39. The lowest BCUT2D eigenvalue weighted by molar-refractivity contribution is 0.503. The highest BCUT2D eigenvalue weighted by Gasteiger charge is 2.11. The zero-order valence-corrected chi connectivity index (χ0v) is 13.9. The van der Waals surface area contributed by atoms with Gasteiger partial charge in [-0.25, -0.2) is 4.98 Å². The van der Waals surface area contributed by atoms with Gasteiger partial charge in [-0.3, -0.25) is 4.98 Å². The summed E-state index contributed by atoms with van der Waals surface area (Å²) in [4.78, 5) is 9.20. The van der Waals surface area contributed by atoms with Crippen LogP contribution in [0.25, 0.3) is 11.0 Å². The van der Waals surface area contributed by atoms with Crippen LogP contribution < -0.4 is 0 Å². The number of para-hydroxylation sites is 2. The number of imidazole rings is 1. The van der Waals surface area contributed by atoms with Gasteiger partial charge in [0.2, 0.25) is 0 Å². The summed E-state index contributed by atoms with van der Waals surface area (Å²) in [5.41, 5.74) is 3.40. The van der Waals surface area contributed by atoms with Crippen LogP contribution in [0, 0.1) is 5.92 Å². The lowest BCUT2D eigenvalue weighted by Gasteiger charge is -2.10. The molecule has 0 unspecified atom stereocenters. The summed E-state index contributed by atoms with van der Waals surface area (Å²) in [5.74, 6) is 1.54. The molecule has 0 N–H and O–H groups in total. The van der Waals surface area contributed by atoms with E-state index in [9.17, 15) is 0 Å². The van der Waals surface area contributed by atoms with Gasteiger partial charge in [0.25, 0.3) is 0 Å². The van der Waals surface area contributed by atoms with E-state index in [1.165, 1.54) is 5.52 Å². The number of nitrogens with zero attached hydrogens (tertiary/aromatic N) is 3. The molecule has 0 aliphatic heterocycles. The van der Waals surface area contributed by atoms with E-state index in [0.717, 1.165) is 35.1 Å². The van der Waals surface area contributed by atoms with Gasteiger partial charge in [0.15, 0.2) is 5.16 Å². The molecule has 22 heavy (non-hydrogen) atoms. The second-order valence-electron chi connectivity index (χ2n) is 5.83. The van der Waals surface area contributed by atoms with Gasteiger partial charge in [-0.15, -0.1) is 0 Å². The van der Waals surface area contributed by atoms with Crippen molar-refractivity contribution in [1.29, 1.82) is 0 Å². The summed E-state index contributed by atoms with van der Waals surface area (Å²) >= 11 is 1.77. The molecule has 3 rings (SSSR count). The van der Waals surface area contributed by atoms with Gasteiger partial charge in [0, 0.05) is 18.5 Å². The molecule has 0 bridgehead atoms. The van der Waals surface area contributed by atoms with Crippen LogP contribution >= 0.6 is 11.8 Å². The van der Waals surface area contributed by atoms with Crippen LogP contribution in [0.15, 0.2) is 53.8 Å². The number of pyridine rings is 1. The second kappa shape index (κ2) is 6.97. The first-order valence-corrected chi connectivity index (χ1v) is 8.70. The minimum Gasteiger partial charge on any atom is -0.319 e. The van der Waals surface area contributed by atoms with Crippen LogP contribution in [0.3, 0.4) is 0 Å². The average Bonchev–Trinajstić information content (AvgIpc) is 2.89. The maximum atomic E-state index is 4.80. The lowest BCUT2D eigenvalue weighted by Crippen LogP contribution is -2.03. The Bertz CT molecular complexity index is 734. The van der Waals surface area contributed by atoms with E-state index in [1.807, 2.05) is 18.3 Å². The Labute approximate surface area is 135 Å². The molecule has 0 amide bonds. The van der Waals surface area contributed by atoms with E-state index in [-0.39, 0.29) is 0 Å². The third kappa shape index (κ3) is 3.50. The van der Waals surface area contributed by atoms with E-state index in [2.05, 4.69) is 53.7 Å². The summed E-state index contributed by atoms with van der Waals surface area (Å²) in [6.07, 6.45) is 3.01. The van der Waals surface area contributed by atoms with Crippen LogP contribution in [0.1, 0.15) is 26.0 Å². The standard InChI is InChI=1S/C18H21N3S/c1-14(2)10-12-21-17-9-4-3-8-16(17)20-18(21)22-13-15-7-5-6-11-19-15/h3-9,11,14H,10,12-13H2,1-2H3. The van der Waals surface area contributed by atoms with Crippen molar-refractivity contribution in [3.63, 3.8) is 0 Å². The third-order valence-electron chi connectivity index (χ3n) is 3.62. The Kier molecular flexibility index (Phi) is 4.78. The van der Waals surface area contributed by atoms with Gasteiger partial charge in [0.1, 0.15) is 0 Å². The molecule has 0 radical (unpaired) electrons. The first-order chi connectivity index (χ1) is 10.7. The van der Waals surface area contributed by atoms with E-state index in [0.29, 0.717) is 5.92 Å². The number of rotatable bonds is 6. The van der Waals surface area contributed by atoms with E-state index < -0.39 is 0 Å². The first-order valence-electron chi connectivity index (χ1n) is 7.72. The molecular weight excluding hydrogens is 290 g/mol. The Morgan fingerprint density at radius 1 is 1.09 bits per heavy atom. The molecule has 2 heterocycles. The molecule has 0 fully saturated rings. The molecule has 3 aromatic rings. The van der Waals surface area contributed by atoms with Crippen LogP contribution in [0.2, 0.25) is 0 Å². The van der Waals surface area contributed by atoms with Crippen molar-refractivity contribution in [3.05, 3.63) is 54.4 Å². The highest BCUT2D eigenvalue weighted by molar-refractivity contribution is 7.98. The maximum absolute atomic E-state index is 4.80. The molecule has 1 aromatic carbocycles. The van der Waals surface area contributed by atoms with Crippen LogP contribution in [-0.4, -0.2) is 14.5 Å². The lowest BCUT2D eigenvalue weighted by atomic mass is 10.1. The number of hydrogen-bond acceptors (Lipinski definition) is 3. The molecule has 0 saturated heterocycles. The topological polar surface area (TPSA) is 30.7 Å². The molecule has 2 aromatic heterocycles. The molecule has 4 heteroatoms. The highest BCUT2D eigenvalue weighted by atomic mass is 32.2. The second-order valence-corrected chi connectivity index (χ2v) is 6.77. The smallest absolute Gasteiger partial charge is 0.169 e. The van der Waals surface area contributed by atoms with E-state index in [4.69, 9.17) is 4.98 Å².